The normalized spacial score (nSPS) is 34.5. The van der Waals surface area contributed by atoms with Gasteiger partial charge in [0, 0.05) is 21.2 Å². The van der Waals surface area contributed by atoms with Gasteiger partial charge in [-0.1, -0.05) is 6.42 Å². The zero-order valence-corrected chi connectivity index (χ0v) is 11.6. The van der Waals surface area contributed by atoms with Crippen LogP contribution in [0.3, 0.4) is 0 Å². The van der Waals surface area contributed by atoms with Crippen LogP contribution in [0.1, 0.15) is 30.6 Å². The van der Waals surface area contributed by atoms with E-state index in [1.165, 1.54) is 30.6 Å². The molecule has 0 radical (unpaired) electrons. The van der Waals surface area contributed by atoms with Crippen molar-refractivity contribution in [3.63, 3.8) is 0 Å². The fraction of sp³-hybridized carbons (Fsp3) is 0.692. The molecule has 1 N–H and O–H groups in total. The number of fused-ring (bicyclic) bond motifs is 2. The van der Waals surface area contributed by atoms with E-state index in [4.69, 9.17) is 0 Å². The predicted octanol–water partition coefficient (Wildman–Crippen LogP) is 3.85. The van der Waals surface area contributed by atoms with Crippen LogP contribution in [0.4, 0.5) is 0 Å². The van der Waals surface area contributed by atoms with Crippen molar-refractivity contribution >= 4 is 27.3 Å². The number of aliphatic hydroxyl groups excluding tert-OH is 1. The Morgan fingerprint density at radius 1 is 1.44 bits per heavy atom. The van der Waals surface area contributed by atoms with Crippen molar-refractivity contribution in [1.29, 1.82) is 0 Å². The standard InChI is InChI=1S/C13H17BrOS/c14-10-5-11(16-7-10)6-13(15)12-4-8-1-2-9(12)3-8/h5,7-9,12-13,15H,1-4,6H2. The van der Waals surface area contributed by atoms with Crippen molar-refractivity contribution in [2.75, 3.05) is 0 Å². The van der Waals surface area contributed by atoms with E-state index < -0.39 is 0 Å². The van der Waals surface area contributed by atoms with Crippen LogP contribution in [0.2, 0.25) is 0 Å². The van der Waals surface area contributed by atoms with Crippen LogP contribution in [0.15, 0.2) is 15.9 Å². The van der Waals surface area contributed by atoms with Crippen molar-refractivity contribution in [1.82, 2.24) is 0 Å². The van der Waals surface area contributed by atoms with Crippen molar-refractivity contribution in [2.24, 2.45) is 17.8 Å². The quantitative estimate of drug-likeness (QED) is 0.899. The van der Waals surface area contributed by atoms with Crippen molar-refractivity contribution in [2.45, 2.75) is 38.2 Å². The van der Waals surface area contributed by atoms with Gasteiger partial charge in [0.25, 0.3) is 0 Å². The van der Waals surface area contributed by atoms with Crippen molar-refractivity contribution in [3.8, 4) is 0 Å². The minimum atomic E-state index is -0.110. The molecule has 1 aromatic rings. The minimum Gasteiger partial charge on any atom is -0.392 e. The smallest absolute Gasteiger partial charge is 0.0619 e. The van der Waals surface area contributed by atoms with Gasteiger partial charge in [0.15, 0.2) is 0 Å². The Morgan fingerprint density at radius 3 is 2.88 bits per heavy atom. The van der Waals surface area contributed by atoms with Gasteiger partial charge in [0.1, 0.15) is 0 Å². The molecule has 3 heteroatoms. The van der Waals surface area contributed by atoms with E-state index in [9.17, 15) is 5.11 Å². The third-order valence-corrected chi connectivity index (χ3v) is 6.04. The summed E-state index contributed by atoms with van der Waals surface area (Å²) in [4.78, 5) is 1.31. The lowest BCUT2D eigenvalue weighted by Crippen LogP contribution is -2.27. The lowest BCUT2D eigenvalue weighted by Gasteiger charge is -2.26. The lowest BCUT2D eigenvalue weighted by molar-refractivity contribution is 0.0757. The third-order valence-electron chi connectivity index (χ3n) is 4.32. The van der Waals surface area contributed by atoms with Crippen LogP contribution in [0, 0.1) is 17.8 Å². The molecule has 16 heavy (non-hydrogen) atoms. The molecule has 2 fully saturated rings. The van der Waals surface area contributed by atoms with Crippen molar-refractivity contribution in [3.05, 3.63) is 20.8 Å². The fourth-order valence-electron chi connectivity index (χ4n) is 3.58. The van der Waals surface area contributed by atoms with E-state index >= 15 is 0 Å². The molecule has 2 aliphatic carbocycles. The largest absolute Gasteiger partial charge is 0.392 e. The average Bonchev–Trinajstić information content (AvgIpc) is 2.93. The van der Waals surface area contributed by atoms with E-state index in [0.29, 0.717) is 5.92 Å². The van der Waals surface area contributed by atoms with Gasteiger partial charge in [-0.2, -0.15) is 0 Å². The van der Waals surface area contributed by atoms with Crippen LogP contribution in [0.25, 0.3) is 0 Å². The van der Waals surface area contributed by atoms with E-state index in [0.717, 1.165) is 22.7 Å². The van der Waals surface area contributed by atoms with Gasteiger partial charge in [0.2, 0.25) is 0 Å². The molecule has 0 spiro atoms. The molecule has 3 rings (SSSR count). The molecule has 4 unspecified atom stereocenters. The highest BCUT2D eigenvalue weighted by molar-refractivity contribution is 9.10. The van der Waals surface area contributed by atoms with Gasteiger partial charge in [-0.15, -0.1) is 11.3 Å². The highest BCUT2D eigenvalue weighted by Gasteiger charge is 2.42. The summed E-state index contributed by atoms with van der Waals surface area (Å²) in [5, 5.41) is 12.4. The number of thiophene rings is 1. The fourth-order valence-corrected chi connectivity index (χ4v) is 5.09. The highest BCUT2D eigenvalue weighted by Crippen LogP contribution is 2.50. The lowest BCUT2D eigenvalue weighted by atomic mass is 9.83. The first-order valence-electron chi connectivity index (χ1n) is 6.13. The molecule has 0 aliphatic heterocycles. The molecule has 0 aromatic carbocycles. The van der Waals surface area contributed by atoms with Crippen LogP contribution >= 0.6 is 27.3 Å². The van der Waals surface area contributed by atoms with Gasteiger partial charge >= 0.3 is 0 Å². The number of hydrogen-bond donors (Lipinski definition) is 1. The second-order valence-corrected chi connectivity index (χ2v) is 7.25. The average molecular weight is 301 g/mol. The summed E-state index contributed by atoms with van der Waals surface area (Å²) in [5.41, 5.74) is 0. The molecule has 4 atom stereocenters. The summed E-state index contributed by atoms with van der Waals surface area (Å²) in [5.74, 6) is 2.34. The number of aliphatic hydroxyl groups is 1. The molecule has 88 valence electrons. The molecular formula is C13H17BrOS. The maximum absolute atomic E-state index is 10.3. The Balaban J connectivity index is 1.63. The molecule has 0 saturated heterocycles. The first-order chi connectivity index (χ1) is 7.72. The summed E-state index contributed by atoms with van der Waals surface area (Å²) in [7, 11) is 0. The summed E-state index contributed by atoms with van der Waals surface area (Å²) < 4.78 is 1.15. The summed E-state index contributed by atoms with van der Waals surface area (Å²) in [6.45, 7) is 0. The molecule has 1 nitrogen and oxygen atoms in total. The van der Waals surface area contributed by atoms with E-state index in [1.54, 1.807) is 11.3 Å². The van der Waals surface area contributed by atoms with E-state index in [2.05, 4.69) is 27.4 Å². The molecule has 2 aliphatic rings. The van der Waals surface area contributed by atoms with Gasteiger partial charge in [-0.25, -0.2) is 0 Å². The molecule has 1 heterocycles. The SMILES string of the molecule is OC(Cc1cc(Br)cs1)C1CC2CCC1C2. The van der Waals surface area contributed by atoms with E-state index in [-0.39, 0.29) is 6.10 Å². The van der Waals surface area contributed by atoms with Gasteiger partial charge in [-0.3, -0.25) is 0 Å². The second kappa shape index (κ2) is 4.43. The molecule has 1 aromatic heterocycles. The molecule has 0 amide bonds. The zero-order chi connectivity index (χ0) is 11.1. The molecule has 2 saturated carbocycles. The summed E-state index contributed by atoms with van der Waals surface area (Å²) in [6, 6.07) is 2.14. The monoisotopic (exact) mass is 300 g/mol. The van der Waals surface area contributed by atoms with Gasteiger partial charge in [-0.05, 0) is 59.0 Å². The van der Waals surface area contributed by atoms with Gasteiger partial charge < -0.3 is 5.11 Å². The van der Waals surface area contributed by atoms with Crippen LogP contribution < -0.4 is 0 Å². The summed E-state index contributed by atoms with van der Waals surface area (Å²) in [6.07, 6.45) is 6.18. The molecule has 2 bridgehead atoms. The Hall–Kier alpha value is 0.140. The second-order valence-electron chi connectivity index (χ2n) is 5.34. The Morgan fingerprint density at radius 2 is 2.31 bits per heavy atom. The Kier molecular flexibility index (Phi) is 3.11. The third kappa shape index (κ3) is 2.09. The maximum Gasteiger partial charge on any atom is 0.0619 e. The highest BCUT2D eigenvalue weighted by atomic mass is 79.9. The van der Waals surface area contributed by atoms with Crippen LogP contribution in [-0.4, -0.2) is 11.2 Å². The maximum atomic E-state index is 10.3. The van der Waals surface area contributed by atoms with Gasteiger partial charge in [0.05, 0.1) is 6.10 Å². The zero-order valence-electron chi connectivity index (χ0n) is 9.23. The number of halogens is 1. The Labute approximate surface area is 109 Å². The Bertz CT molecular complexity index is 376. The first-order valence-corrected chi connectivity index (χ1v) is 7.80. The predicted molar refractivity (Wildman–Crippen MR) is 70.7 cm³/mol. The molecular weight excluding hydrogens is 284 g/mol. The minimum absolute atomic E-state index is 0.110. The number of rotatable bonds is 3. The first kappa shape index (κ1) is 11.2. The topological polar surface area (TPSA) is 20.2 Å². The summed E-state index contributed by atoms with van der Waals surface area (Å²) >= 11 is 5.22. The van der Waals surface area contributed by atoms with E-state index in [1.807, 2.05) is 0 Å². The van der Waals surface area contributed by atoms with Crippen LogP contribution in [0.5, 0.6) is 0 Å². The van der Waals surface area contributed by atoms with Crippen LogP contribution in [-0.2, 0) is 6.42 Å². The number of hydrogen-bond acceptors (Lipinski definition) is 2. The van der Waals surface area contributed by atoms with Crippen molar-refractivity contribution < 1.29 is 5.11 Å².